The van der Waals surface area contributed by atoms with Gasteiger partial charge in [0.15, 0.2) is 0 Å². The number of ether oxygens (including phenoxy) is 1. The van der Waals surface area contributed by atoms with Crippen molar-refractivity contribution < 1.29 is 24.2 Å². The van der Waals surface area contributed by atoms with Gasteiger partial charge in [0.2, 0.25) is 0 Å². The number of hydrogen-bond acceptors (Lipinski definition) is 4. The van der Waals surface area contributed by atoms with Crippen molar-refractivity contribution in [1.82, 2.24) is 5.32 Å². The third kappa shape index (κ3) is 1.66. The van der Waals surface area contributed by atoms with Gasteiger partial charge in [-0.3, -0.25) is 4.79 Å². The number of carboxylic acids is 1. The highest BCUT2D eigenvalue weighted by Gasteiger charge is 2.33. The van der Waals surface area contributed by atoms with Gasteiger partial charge in [0.1, 0.15) is 6.04 Å². The number of carboxylic acid groups (broad SMARTS) is 1. The van der Waals surface area contributed by atoms with Crippen LogP contribution in [0, 0.1) is 0 Å². The minimum atomic E-state index is -1.16. The monoisotopic (exact) mass is 159 g/mol. The SMILES string of the molecule is O=C(O)C[C@H]1NC(=O)OC1=O. The van der Waals surface area contributed by atoms with E-state index >= 15 is 0 Å². The standard InChI is InChI=1S/C5H5NO5/c7-3(8)1-2-4(9)11-5(10)6-2/h2H,1H2,(H,6,10)(H,7,8)/t2-/m1/s1. The first kappa shape index (κ1) is 7.52. The number of carbonyl (C=O) groups is 3. The molecular formula is C5H5NO5. The fourth-order valence-corrected chi connectivity index (χ4v) is 0.702. The first-order valence-corrected chi connectivity index (χ1v) is 2.83. The highest BCUT2D eigenvalue weighted by Crippen LogP contribution is 2.03. The number of amides is 1. The van der Waals surface area contributed by atoms with Crippen molar-refractivity contribution in [3.8, 4) is 0 Å². The summed E-state index contributed by atoms with van der Waals surface area (Å²) in [6, 6.07) is -1.03. The first-order chi connectivity index (χ1) is 5.09. The molecule has 1 atom stereocenters. The Labute approximate surface area is 61.1 Å². The number of cyclic esters (lactones) is 2. The van der Waals surface area contributed by atoms with Crippen molar-refractivity contribution in [2.75, 3.05) is 0 Å². The van der Waals surface area contributed by atoms with Gasteiger partial charge in [0, 0.05) is 0 Å². The van der Waals surface area contributed by atoms with Gasteiger partial charge < -0.3 is 15.2 Å². The van der Waals surface area contributed by atoms with E-state index in [1.165, 1.54) is 0 Å². The quantitative estimate of drug-likeness (QED) is 0.402. The highest BCUT2D eigenvalue weighted by molar-refractivity contribution is 5.97. The molecule has 0 unspecified atom stereocenters. The zero-order valence-corrected chi connectivity index (χ0v) is 5.36. The van der Waals surface area contributed by atoms with Crippen molar-refractivity contribution in [3.05, 3.63) is 0 Å². The van der Waals surface area contributed by atoms with Crippen molar-refractivity contribution in [3.63, 3.8) is 0 Å². The van der Waals surface area contributed by atoms with E-state index in [0.29, 0.717) is 0 Å². The van der Waals surface area contributed by atoms with Crippen molar-refractivity contribution in [2.45, 2.75) is 12.5 Å². The van der Waals surface area contributed by atoms with Gasteiger partial charge in [0.05, 0.1) is 6.42 Å². The molecule has 0 aromatic heterocycles. The van der Waals surface area contributed by atoms with Crippen LogP contribution in [-0.4, -0.2) is 29.2 Å². The molecule has 1 aliphatic heterocycles. The molecule has 0 aromatic rings. The summed E-state index contributed by atoms with van der Waals surface area (Å²) in [6.07, 6.45) is -1.33. The van der Waals surface area contributed by atoms with Crippen molar-refractivity contribution in [2.24, 2.45) is 0 Å². The van der Waals surface area contributed by atoms with Crippen LogP contribution in [0.5, 0.6) is 0 Å². The molecule has 2 N–H and O–H groups in total. The smallest absolute Gasteiger partial charge is 0.415 e. The second-order valence-corrected chi connectivity index (χ2v) is 2.00. The summed E-state index contributed by atoms with van der Waals surface area (Å²) in [5.74, 6) is -1.99. The number of aliphatic carboxylic acids is 1. The van der Waals surface area contributed by atoms with E-state index in [1.807, 2.05) is 5.32 Å². The van der Waals surface area contributed by atoms with E-state index in [1.54, 1.807) is 0 Å². The van der Waals surface area contributed by atoms with E-state index in [-0.39, 0.29) is 0 Å². The fraction of sp³-hybridized carbons (Fsp3) is 0.400. The Hall–Kier alpha value is -1.59. The molecule has 0 saturated carbocycles. The van der Waals surface area contributed by atoms with E-state index in [9.17, 15) is 14.4 Å². The van der Waals surface area contributed by atoms with Crippen molar-refractivity contribution >= 4 is 18.0 Å². The second-order valence-electron chi connectivity index (χ2n) is 2.00. The summed E-state index contributed by atoms with van der Waals surface area (Å²) in [5.41, 5.74) is 0. The van der Waals surface area contributed by atoms with Crippen LogP contribution in [0.2, 0.25) is 0 Å². The lowest BCUT2D eigenvalue weighted by molar-refractivity contribution is -0.142. The predicted octanol–water partition coefficient (Wildman–Crippen LogP) is -0.904. The largest absolute Gasteiger partial charge is 0.481 e. The topological polar surface area (TPSA) is 92.7 Å². The molecule has 1 fully saturated rings. The molecule has 60 valence electrons. The van der Waals surface area contributed by atoms with Gasteiger partial charge in [-0.15, -0.1) is 0 Å². The molecule has 0 aromatic carbocycles. The lowest BCUT2D eigenvalue weighted by atomic mass is 10.2. The lowest BCUT2D eigenvalue weighted by Gasteiger charge is -1.98. The number of rotatable bonds is 2. The molecule has 6 heteroatoms. The Bertz CT molecular complexity index is 223. The zero-order chi connectivity index (χ0) is 8.43. The number of nitrogens with one attached hydrogen (secondary N) is 1. The molecule has 1 heterocycles. The maximum absolute atomic E-state index is 10.6. The average Bonchev–Trinajstić information content (AvgIpc) is 2.09. The Kier molecular flexibility index (Phi) is 1.75. The fourth-order valence-electron chi connectivity index (χ4n) is 0.702. The van der Waals surface area contributed by atoms with Crippen LogP contribution >= 0.6 is 0 Å². The maximum atomic E-state index is 10.6. The van der Waals surface area contributed by atoms with Crippen LogP contribution in [0.4, 0.5) is 4.79 Å². The zero-order valence-electron chi connectivity index (χ0n) is 5.36. The van der Waals surface area contributed by atoms with Gasteiger partial charge in [0.25, 0.3) is 0 Å². The number of esters is 1. The second kappa shape index (κ2) is 2.57. The van der Waals surface area contributed by atoms with Crippen LogP contribution in [0.3, 0.4) is 0 Å². The molecular weight excluding hydrogens is 154 g/mol. The molecule has 6 nitrogen and oxygen atoms in total. The van der Waals surface area contributed by atoms with Crippen LogP contribution in [-0.2, 0) is 14.3 Å². The highest BCUT2D eigenvalue weighted by atomic mass is 16.6. The van der Waals surface area contributed by atoms with Gasteiger partial charge >= 0.3 is 18.0 Å². The molecule has 1 rings (SSSR count). The summed E-state index contributed by atoms with van der Waals surface area (Å²) in [5, 5.41) is 10.3. The van der Waals surface area contributed by atoms with Gasteiger partial charge in [-0.05, 0) is 0 Å². The number of carbonyl (C=O) groups excluding carboxylic acids is 2. The Morgan fingerprint density at radius 1 is 1.64 bits per heavy atom. The molecule has 1 amide bonds. The summed E-state index contributed by atoms with van der Waals surface area (Å²) in [6.45, 7) is 0. The van der Waals surface area contributed by atoms with Gasteiger partial charge in [-0.25, -0.2) is 9.59 Å². The van der Waals surface area contributed by atoms with Gasteiger partial charge in [-0.2, -0.15) is 0 Å². The number of hydrogen-bond donors (Lipinski definition) is 2. The first-order valence-electron chi connectivity index (χ1n) is 2.83. The van der Waals surface area contributed by atoms with E-state index < -0.39 is 30.5 Å². The third-order valence-corrected chi connectivity index (χ3v) is 1.15. The summed E-state index contributed by atoms with van der Waals surface area (Å²) in [4.78, 5) is 30.9. The summed E-state index contributed by atoms with van der Waals surface area (Å²) in [7, 11) is 0. The van der Waals surface area contributed by atoms with Crippen LogP contribution in [0.1, 0.15) is 6.42 Å². The minimum absolute atomic E-state index is 0.440. The number of alkyl carbamates (subject to hydrolysis) is 1. The van der Waals surface area contributed by atoms with Crippen LogP contribution in [0.25, 0.3) is 0 Å². The summed E-state index contributed by atoms with van der Waals surface area (Å²) >= 11 is 0. The average molecular weight is 159 g/mol. The lowest BCUT2D eigenvalue weighted by Crippen LogP contribution is -2.31. The Morgan fingerprint density at radius 2 is 2.27 bits per heavy atom. The molecule has 0 bridgehead atoms. The normalized spacial score (nSPS) is 22.7. The van der Waals surface area contributed by atoms with Crippen LogP contribution < -0.4 is 5.32 Å². The summed E-state index contributed by atoms with van der Waals surface area (Å²) < 4.78 is 4.02. The van der Waals surface area contributed by atoms with Crippen molar-refractivity contribution in [1.29, 1.82) is 0 Å². The Morgan fingerprint density at radius 3 is 2.64 bits per heavy atom. The van der Waals surface area contributed by atoms with E-state index in [4.69, 9.17) is 5.11 Å². The van der Waals surface area contributed by atoms with Crippen LogP contribution in [0.15, 0.2) is 0 Å². The molecule has 1 aliphatic rings. The molecule has 11 heavy (non-hydrogen) atoms. The predicted molar refractivity (Wildman–Crippen MR) is 30.7 cm³/mol. The molecule has 0 spiro atoms. The third-order valence-electron chi connectivity index (χ3n) is 1.15. The molecule has 1 saturated heterocycles. The maximum Gasteiger partial charge on any atom is 0.415 e. The Balaban J connectivity index is 2.53. The molecule has 0 aliphatic carbocycles. The van der Waals surface area contributed by atoms with E-state index in [2.05, 4.69) is 4.74 Å². The van der Waals surface area contributed by atoms with Gasteiger partial charge in [-0.1, -0.05) is 0 Å². The molecule has 0 radical (unpaired) electrons. The van der Waals surface area contributed by atoms with E-state index in [0.717, 1.165) is 0 Å². The minimum Gasteiger partial charge on any atom is -0.481 e.